The second-order valence-electron chi connectivity index (χ2n) is 3.95. The first kappa shape index (κ1) is 10.7. The number of benzene rings is 1. The lowest BCUT2D eigenvalue weighted by molar-refractivity contribution is 0.855. The fourth-order valence-corrected chi connectivity index (χ4v) is 1.78. The van der Waals surface area contributed by atoms with E-state index in [1.54, 1.807) is 0 Å². The number of nitrogens with zero attached hydrogens (tertiary/aromatic N) is 2. The molecule has 2 rings (SSSR count). The van der Waals surface area contributed by atoms with E-state index in [1.165, 1.54) is 11.1 Å². The summed E-state index contributed by atoms with van der Waals surface area (Å²) in [6.45, 7) is 6.14. The van der Waals surface area contributed by atoms with Gasteiger partial charge in [0.15, 0.2) is 0 Å². The molecule has 1 aromatic heterocycles. The first-order valence-electron chi connectivity index (χ1n) is 5.46. The standard InChI is InChI=1S/C14H16N2/c1-4-5-13-6-7-14(11(2)10-13)16-9-8-12(3)15-16/h4-10H,1-3H3. The Hall–Kier alpha value is -1.83. The van der Waals surface area contributed by atoms with Crippen LogP contribution >= 0.6 is 0 Å². The summed E-state index contributed by atoms with van der Waals surface area (Å²) in [5, 5.41) is 4.42. The maximum absolute atomic E-state index is 4.42. The van der Waals surface area contributed by atoms with Crippen LogP contribution in [0.15, 0.2) is 36.5 Å². The van der Waals surface area contributed by atoms with Crippen LogP contribution in [-0.4, -0.2) is 9.78 Å². The molecule has 16 heavy (non-hydrogen) atoms. The highest BCUT2D eigenvalue weighted by atomic mass is 15.3. The van der Waals surface area contributed by atoms with Crippen LogP contribution in [0.5, 0.6) is 0 Å². The van der Waals surface area contributed by atoms with Crippen molar-refractivity contribution in [2.45, 2.75) is 20.8 Å². The second kappa shape index (κ2) is 4.35. The SMILES string of the molecule is CC=Cc1ccc(-n2ccc(C)n2)c(C)c1. The van der Waals surface area contributed by atoms with Gasteiger partial charge >= 0.3 is 0 Å². The number of aryl methyl sites for hydroxylation is 2. The third kappa shape index (κ3) is 2.06. The van der Waals surface area contributed by atoms with E-state index in [-0.39, 0.29) is 0 Å². The average molecular weight is 212 g/mol. The summed E-state index contributed by atoms with van der Waals surface area (Å²) in [7, 11) is 0. The Kier molecular flexibility index (Phi) is 2.91. The van der Waals surface area contributed by atoms with Gasteiger partial charge in [-0.3, -0.25) is 0 Å². The van der Waals surface area contributed by atoms with Crippen LogP contribution in [0.4, 0.5) is 0 Å². The van der Waals surface area contributed by atoms with Gasteiger partial charge in [-0.1, -0.05) is 18.2 Å². The highest BCUT2D eigenvalue weighted by Crippen LogP contribution is 2.16. The van der Waals surface area contributed by atoms with E-state index < -0.39 is 0 Å². The Labute approximate surface area is 96.2 Å². The fourth-order valence-electron chi connectivity index (χ4n) is 1.78. The smallest absolute Gasteiger partial charge is 0.0675 e. The zero-order chi connectivity index (χ0) is 11.5. The summed E-state index contributed by atoms with van der Waals surface area (Å²) < 4.78 is 1.92. The average Bonchev–Trinajstić information content (AvgIpc) is 2.65. The molecule has 0 bridgehead atoms. The van der Waals surface area contributed by atoms with Crippen molar-refractivity contribution in [1.82, 2.24) is 9.78 Å². The molecule has 0 fully saturated rings. The molecule has 0 radical (unpaired) electrons. The molecule has 0 aliphatic carbocycles. The molecule has 0 spiro atoms. The highest BCUT2D eigenvalue weighted by molar-refractivity contribution is 5.54. The van der Waals surface area contributed by atoms with Gasteiger partial charge in [-0.05, 0) is 50.1 Å². The van der Waals surface area contributed by atoms with Gasteiger partial charge in [-0.2, -0.15) is 5.10 Å². The molecule has 0 atom stereocenters. The molecule has 0 aliphatic heterocycles. The van der Waals surface area contributed by atoms with Crippen LogP contribution in [0.1, 0.15) is 23.7 Å². The molecular weight excluding hydrogens is 196 g/mol. The van der Waals surface area contributed by atoms with E-state index in [1.807, 2.05) is 36.9 Å². The predicted octanol–water partition coefficient (Wildman–Crippen LogP) is 3.52. The van der Waals surface area contributed by atoms with Crippen molar-refractivity contribution in [3.05, 3.63) is 53.4 Å². The van der Waals surface area contributed by atoms with E-state index in [4.69, 9.17) is 0 Å². The molecular formula is C14H16N2. The number of aromatic nitrogens is 2. The Morgan fingerprint density at radius 3 is 2.56 bits per heavy atom. The molecule has 0 saturated heterocycles. The predicted molar refractivity (Wildman–Crippen MR) is 67.7 cm³/mol. The molecule has 0 aliphatic rings. The molecule has 1 aromatic carbocycles. The lowest BCUT2D eigenvalue weighted by Gasteiger charge is -2.06. The summed E-state index contributed by atoms with van der Waals surface area (Å²) in [5.74, 6) is 0. The van der Waals surface area contributed by atoms with Crippen molar-refractivity contribution < 1.29 is 0 Å². The summed E-state index contributed by atoms with van der Waals surface area (Å²) >= 11 is 0. The van der Waals surface area contributed by atoms with Crippen LogP contribution in [0, 0.1) is 13.8 Å². The highest BCUT2D eigenvalue weighted by Gasteiger charge is 2.02. The van der Waals surface area contributed by atoms with E-state index in [0.717, 1.165) is 11.4 Å². The lowest BCUT2D eigenvalue weighted by Crippen LogP contribution is -1.98. The second-order valence-corrected chi connectivity index (χ2v) is 3.95. The molecule has 2 heteroatoms. The zero-order valence-electron chi connectivity index (χ0n) is 9.94. The van der Waals surface area contributed by atoms with Crippen LogP contribution in [0.2, 0.25) is 0 Å². The van der Waals surface area contributed by atoms with Crippen molar-refractivity contribution in [1.29, 1.82) is 0 Å². The van der Waals surface area contributed by atoms with Crippen LogP contribution in [0.3, 0.4) is 0 Å². The van der Waals surface area contributed by atoms with Crippen molar-refractivity contribution in [3.8, 4) is 5.69 Å². The number of allylic oxidation sites excluding steroid dienone is 1. The van der Waals surface area contributed by atoms with E-state index >= 15 is 0 Å². The van der Waals surface area contributed by atoms with Crippen molar-refractivity contribution in [3.63, 3.8) is 0 Å². The van der Waals surface area contributed by atoms with Gasteiger partial charge in [0.1, 0.15) is 0 Å². The maximum atomic E-state index is 4.42. The minimum atomic E-state index is 1.04. The summed E-state index contributed by atoms with van der Waals surface area (Å²) in [5.41, 5.74) is 4.64. The quantitative estimate of drug-likeness (QED) is 0.744. The molecule has 82 valence electrons. The largest absolute Gasteiger partial charge is 0.240 e. The fraction of sp³-hybridized carbons (Fsp3) is 0.214. The molecule has 2 aromatic rings. The van der Waals surface area contributed by atoms with Crippen LogP contribution in [-0.2, 0) is 0 Å². The number of hydrogen-bond donors (Lipinski definition) is 0. The molecule has 0 unspecified atom stereocenters. The molecule has 0 N–H and O–H groups in total. The van der Waals surface area contributed by atoms with Crippen LogP contribution in [0.25, 0.3) is 11.8 Å². The number of hydrogen-bond acceptors (Lipinski definition) is 1. The third-order valence-corrected chi connectivity index (χ3v) is 2.55. The summed E-state index contributed by atoms with van der Waals surface area (Å²) in [6, 6.07) is 8.40. The topological polar surface area (TPSA) is 17.8 Å². The monoisotopic (exact) mass is 212 g/mol. The van der Waals surface area contributed by atoms with Gasteiger partial charge in [0.05, 0.1) is 11.4 Å². The van der Waals surface area contributed by atoms with Gasteiger partial charge in [-0.15, -0.1) is 0 Å². The van der Waals surface area contributed by atoms with E-state index in [0.29, 0.717) is 0 Å². The van der Waals surface area contributed by atoms with Gasteiger partial charge in [-0.25, -0.2) is 4.68 Å². The zero-order valence-corrected chi connectivity index (χ0v) is 9.94. The van der Waals surface area contributed by atoms with Gasteiger partial charge < -0.3 is 0 Å². The molecule has 1 heterocycles. The van der Waals surface area contributed by atoms with Crippen molar-refractivity contribution >= 4 is 6.08 Å². The Morgan fingerprint density at radius 2 is 2.00 bits per heavy atom. The lowest BCUT2D eigenvalue weighted by atomic mass is 10.1. The van der Waals surface area contributed by atoms with Gasteiger partial charge in [0.2, 0.25) is 0 Å². The van der Waals surface area contributed by atoms with E-state index in [2.05, 4.69) is 36.3 Å². The van der Waals surface area contributed by atoms with Crippen molar-refractivity contribution in [2.24, 2.45) is 0 Å². The number of rotatable bonds is 2. The van der Waals surface area contributed by atoms with Gasteiger partial charge in [0, 0.05) is 6.20 Å². The van der Waals surface area contributed by atoms with Crippen molar-refractivity contribution in [2.75, 3.05) is 0 Å². The first-order chi connectivity index (χ1) is 7.70. The Balaban J connectivity index is 2.43. The van der Waals surface area contributed by atoms with E-state index in [9.17, 15) is 0 Å². The molecule has 0 amide bonds. The molecule has 0 saturated carbocycles. The molecule has 2 nitrogen and oxygen atoms in total. The minimum absolute atomic E-state index is 1.04. The maximum Gasteiger partial charge on any atom is 0.0675 e. The Morgan fingerprint density at radius 1 is 1.19 bits per heavy atom. The summed E-state index contributed by atoms with van der Waals surface area (Å²) in [6.07, 6.45) is 6.14. The van der Waals surface area contributed by atoms with Crippen LogP contribution < -0.4 is 0 Å². The normalized spacial score (nSPS) is 11.2. The summed E-state index contributed by atoms with van der Waals surface area (Å²) in [4.78, 5) is 0. The Bertz CT molecular complexity index is 521. The van der Waals surface area contributed by atoms with Gasteiger partial charge in [0.25, 0.3) is 0 Å². The first-order valence-corrected chi connectivity index (χ1v) is 5.46. The minimum Gasteiger partial charge on any atom is -0.240 e. The third-order valence-electron chi connectivity index (χ3n) is 2.55.